The highest BCUT2D eigenvalue weighted by Gasteiger charge is 2.26. The number of hydrogen-bond acceptors (Lipinski definition) is 6. The monoisotopic (exact) mass is 542 g/mol. The highest BCUT2D eigenvalue weighted by molar-refractivity contribution is 9.09. The van der Waals surface area contributed by atoms with Crippen LogP contribution in [0.1, 0.15) is 117 Å². The van der Waals surface area contributed by atoms with Gasteiger partial charge < -0.3 is 4.74 Å². The van der Waals surface area contributed by atoms with Crippen LogP contribution in [0.5, 0.6) is 0 Å². The van der Waals surface area contributed by atoms with Gasteiger partial charge in [-0.05, 0) is 6.42 Å². The zero-order chi connectivity index (χ0) is 23.8. The molecule has 0 radical (unpaired) electrons. The van der Waals surface area contributed by atoms with Gasteiger partial charge in [0, 0.05) is 12.3 Å². The minimum atomic E-state index is -3.61. The first-order valence-electron chi connectivity index (χ1n) is 12.8. The summed E-state index contributed by atoms with van der Waals surface area (Å²) in [5.41, 5.74) is 0. The summed E-state index contributed by atoms with van der Waals surface area (Å²) in [6.45, 7) is 4.16. The van der Waals surface area contributed by atoms with E-state index in [1.165, 1.54) is 96.8 Å². The zero-order valence-electron chi connectivity index (χ0n) is 20.6. The van der Waals surface area contributed by atoms with Crippen molar-refractivity contribution in [3.05, 3.63) is 0 Å². The molecule has 0 aromatic rings. The van der Waals surface area contributed by atoms with E-state index in [1.807, 2.05) is 0 Å². The van der Waals surface area contributed by atoms with E-state index in [-0.39, 0.29) is 19.8 Å². The first-order chi connectivity index (χ1) is 15.5. The topological polar surface area (TPSA) is 71.1 Å². The Kier molecular flexibility index (Phi) is 24.2. The third-order valence-electron chi connectivity index (χ3n) is 5.21. The lowest BCUT2D eigenvalue weighted by Crippen LogP contribution is -2.10. The third-order valence-corrected chi connectivity index (χ3v) is 7.03. The minimum absolute atomic E-state index is 0.0158. The van der Waals surface area contributed by atoms with Gasteiger partial charge in [0.05, 0.1) is 19.8 Å². The number of phosphoric acid groups is 1. The van der Waals surface area contributed by atoms with Gasteiger partial charge in [0.25, 0.3) is 0 Å². The molecule has 0 saturated heterocycles. The number of rotatable bonds is 25. The summed E-state index contributed by atoms with van der Waals surface area (Å²) in [4.78, 5) is 10.8. The average molecular weight is 544 g/mol. The molecule has 6 nitrogen and oxygen atoms in total. The first kappa shape index (κ1) is 32.1. The standard InChI is InChI=1S/C24H48BrO6P/c1-3-4-5-6-7-8-9-10-11-12-13-14-15-16-17-18-20-29-32(27,30-21-19-25)31-23-22-28-24(2)26/h3-23H2,1-2H3. The molecule has 0 N–H and O–H groups in total. The molecule has 0 fully saturated rings. The molecular weight excluding hydrogens is 495 g/mol. The lowest BCUT2D eigenvalue weighted by molar-refractivity contribution is -0.141. The second-order valence-corrected chi connectivity index (χ2v) is 10.7. The van der Waals surface area contributed by atoms with Crippen LogP contribution in [0, 0.1) is 0 Å². The smallest absolute Gasteiger partial charge is 0.463 e. The summed E-state index contributed by atoms with van der Waals surface area (Å²) in [6, 6.07) is 0. The van der Waals surface area contributed by atoms with E-state index in [2.05, 4.69) is 22.9 Å². The van der Waals surface area contributed by atoms with Crippen LogP contribution >= 0.6 is 23.8 Å². The van der Waals surface area contributed by atoms with Crippen molar-refractivity contribution in [2.45, 2.75) is 117 Å². The average Bonchev–Trinajstić information content (AvgIpc) is 2.77. The van der Waals surface area contributed by atoms with Crippen LogP contribution in [0.2, 0.25) is 0 Å². The number of phosphoric ester groups is 1. The Labute approximate surface area is 205 Å². The number of alkyl halides is 1. The molecule has 0 amide bonds. The molecule has 0 spiro atoms. The van der Waals surface area contributed by atoms with Crippen LogP contribution in [-0.2, 0) is 27.7 Å². The van der Waals surface area contributed by atoms with Gasteiger partial charge in [-0.2, -0.15) is 0 Å². The largest absolute Gasteiger partial charge is 0.474 e. The molecular formula is C24H48BrO6P. The third kappa shape index (κ3) is 23.2. The van der Waals surface area contributed by atoms with E-state index in [4.69, 9.17) is 18.3 Å². The lowest BCUT2D eigenvalue weighted by atomic mass is 10.0. The Bertz CT molecular complexity index is 464. The van der Waals surface area contributed by atoms with Crippen molar-refractivity contribution < 1.29 is 27.7 Å². The molecule has 0 rings (SSSR count). The molecule has 0 aromatic carbocycles. The van der Waals surface area contributed by atoms with Crippen LogP contribution in [0.3, 0.4) is 0 Å². The number of carbonyl (C=O) groups excluding carboxylic acids is 1. The summed E-state index contributed by atoms with van der Waals surface area (Å²) >= 11 is 3.23. The highest BCUT2D eigenvalue weighted by atomic mass is 79.9. The van der Waals surface area contributed by atoms with Gasteiger partial charge >= 0.3 is 13.8 Å². The summed E-state index contributed by atoms with van der Waals surface area (Å²) in [6.07, 6.45) is 20.8. The Morgan fingerprint density at radius 3 is 1.47 bits per heavy atom. The zero-order valence-corrected chi connectivity index (χ0v) is 23.1. The summed E-state index contributed by atoms with van der Waals surface area (Å²) < 4.78 is 33.2. The van der Waals surface area contributed by atoms with Gasteiger partial charge in [-0.25, -0.2) is 4.57 Å². The first-order valence-corrected chi connectivity index (χ1v) is 15.3. The number of esters is 1. The lowest BCUT2D eigenvalue weighted by Gasteiger charge is -2.17. The highest BCUT2D eigenvalue weighted by Crippen LogP contribution is 2.49. The molecule has 0 bridgehead atoms. The Balaban J connectivity index is 3.54. The second-order valence-electron chi connectivity index (χ2n) is 8.28. The minimum Gasteiger partial charge on any atom is -0.463 e. The Hall–Kier alpha value is 0.0600. The maximum atomic E-state index is 12.5. The van der Waals surface area contributed by atoms with Crippen molar-refractivity contribution in [2.75, 3.05) is 31.8 Å². The van der Waals surface area contributed by atoms with Crippen molar-refractivity contribution in [2.24, 2.45) is 0 Å². The normalized spacial score (nSPS) is 13.2. The number of hydrogen-bond donors (Lipinski definition) is 0. The van der Waals surface area contributed by atoms with Crippen molar-refractivity contribution >= 4 is 29.7 Å². The number of carbonyl (C=O) groups is 1. The van der Waals surface area contributed by atoms with Gasteiger partial charge in [0.2, 0.25) is 0 Å². The van der Waals surface area contributed by atoms with Gasteiger partial charge in [-0.15, -0.1) is 0 Å². The van der Waals surface area contributed by atoms with E-state index in [9.17, 15) is 9.36 Å². The molecule has 1 unspecified atom stereocenters. The molecule has 0 saturated carbocycles. The molecule has 0 aliphatic heterocycles. The summed E-state index contributed by atoms with van der Waals surface area (Å²) in [5.74, 6) is -0.404. The molecule has 192 valence electrons. The van der Waals surface area contributed by atoms with E-state index in [1.54, 1.807) is 0 Å². The van der Waals surface area contributed by atoms with Gasteiger partial charge in [0.1, 0.15) is 6.61 Å². The maximum absolute atomic E-state index is 12.5. The number of halogens is 1. The molecule has 0 aliphatic rings. The number of ether oxygens (including phenoxy) is 1. The fourth-order valence-corrected chi connectivity index (χ4v) is 5.02. The Morgan fingerprint density at radius 1 is 0.625 bits per heavy atom. The summed E-state index contributed by atoms with van der Waals surface area (Å²) in [5, 5.41) is 0.534. The van der Waals surface area contributed by atoms with E-state index < -0.39 is 13.8 Å². The molecule has 0 aliphatic carbocycles. The van der Waals surface area contributed by atoms with Crippen molar-refractivity contribution in [3.63, 3.8) is 0 Å². The molecule has 32 heavy (non-hydrogen) atoms. The quantitative estimate of drug-likeness (QED) is 0.0499. The molecule has 8 heteroatoms. The Morgan fingerprint density at radius 2 is 1.03 bits per heavy atom. The fourth-order valence-electron chi connectivity index (χ4n) is 3.42. The predicted octanol–water partition coefficient (Wildman–Crippen LogP) is 8.36. The molecule has 0 aromatic heterocycles. The predicted molar refractivity (Wildman–Crippen MR) is 135 cm³/mol. The molecule has 1 atom stereocenters. The molecule has 0 heterocycles. The van der Waals surface area contributed by atoms with Crippen molar-refractivity contribution in [1.29, 1.82) is 0 Å². The van der Waals surface area contributed by atoms with Gasteiger partial charge in [-0.1, -0.05) is 119 Å². The number of unbranched alkanes of at least 4 members (excludes halogenated alkanes) is 15. The van der Waals surface area contributed by atoms with Crippen LogP contribution in [-0.4, -0.2) is 37.7 Å². The maximum Gasteiger partial charge on any atom is 0.474 e. The van der Waals surface area contributed by atoms with Crippen LogP contribution < -0.4 is 0 Å². The van der Waals surface area contributed by atoms with Gasteiger partial charge in [-0.3, -0.25) is 18.4 Å². The second kappa shape index (κ2) is 24.2. The van der Waals surface area contributed by atoms with Crippen LogP contribution in [0.15, 0.2) is 0 Å². The van der Waals surface area contributed by atoms with Crippen molar-refractivity contribution in [3.8, 4) is 0 Å². The summed E-state index contributed by atoms with van der Waals surface area (Å²) in [7, 11) is -3.61. The van der Waals surface area contributed by atoms with E-state index in [0.717, 1.165) is 12.8 Å². The van der Waals surface area contributed by atoms with E-state index in [0.29, 0.717) is 11.9 Å². The van der Waals surface area contributed by atoms with Crippen LogP contribution in [0.4, 0.5) is 0 Å². The van der Waals surface area contributed by atoms with E-state index >= 15 is 0 Å². The van der Waals surface area contributed by atoms with Crippen molar-refractivity contribution in [1.82, 2.24) is 0 Å². The SMILES string of the molecule is CCCCCCCCCCCCCCCCCCOP(=O)(OCCBr)OCCOC(C)=O. The van der Waals surface area contributed by atoms with Crippen LogP contribution in [0.25, 0.3) is 0 Å². The van der Waals surface area contributed by atoms with Gasteiger partial charge in [0.15, 0.2) is 0 Å². The fraction of sp³-hybridized carbons (Fsp3) is 0.958.